The van der Waals surface area contributed by atoms with Crippen LogP contribution in [0.2, 0.25) is 0 Å². The van der Waals surface area contributed by atoms with E-state index in [9.17, 15) is 9.18 Å². The van der Waals surface area contributed by atoms with E-state index >= 15 is 0 Å². The maximum absolute atomic E-state index is 12.9. The SMILES string of the molecule is Cl.N[C@@H]1CCC[C@H]1CC(=O)NCCc1coc(-c2ccc(F)cc2)n1. The lowest BCUT2D eigenvalue weighted by Gasteiger charge is -2.14. The van der Waals surface area contributed by atoms with E-state index < -0.39 is 0 Å². The second-order valence-corrected chi connectivity index (χ2v) is 6.31. The van der Waals surface area contributed by atoms with Gasteiger partial charge in [-0.2, -0.15) is 0 Å². The van der Waals surface area contributed by atoms with E-state index in [1.54, 1.807) is 18.4 Å². The van der Waals surface area contributed by atoms with Crippen molar-refractivity contribution in [3.63, 3.8) is 0 Å². The lowest BCUT2D eigenvalue weighted by Crippen LogP contribution is -2.32. The summed E-state index contributed by atoms with van der Waals surface area (Å²) in [5.74, 6) is 0.505. The molecule has 1 saturated carbocycles. The van der Waals surface area contributed by atoms with Crippen molar-refractivity contribution in [1.82, 2.24) is 10.3 Å². The van der Waals surface area contributed by atoms with Crippen molar-refractivity contribution in [2.75, 3.05) is 6.54 Å². The molecule has 3 rings (SSSR count). The Morgan fingerprint density at radius 1 is 1.32 bits per heavy atom. The Hall–Kier alpha value is -1.92. The molecule has 0 aliphatic heterocycles. The molecule has 136 valence electrons. The van der Waals surface area contributed by atoms with Gasteiger partial charge in [-0.05, 0) is 43.0 Å². The van der Waals surface area contributed by atoms with Crippen LogP contribution < -0.4 is 11.1 Å². The van der Waals surface area contributed by atoms with E-state index in [4.69, 9.17) is 10.2 Å². The van der Waals surface area contributed by atoms with Crippen molar-refractivity contribution in [2.24, 2.45) is 11.7 Å². The maximum atomic E-state index is 12.9. The Bertz CT molecular complexity index is 690. The van der Waals surface area contributed by atoms with Gasteiger partial charge in [0.25, 0.3) is 0 Å². The Balaban J connectivity index is 0.00000225. The summed E-state index contributed by atoms with van der Waals surface area (Å²) in [6.45, 7) is 0.510. The number of aromatic nitrogens is 1. The van der Waals surface area contributed by atoms with E-state index in [2.05, 4.69) is 10.3 Å². The number of oxazole rings is 1. The molecule has 1 heterocycles. The molecule has 1 aromatic heterocycles. The van der Waals surface area contributed by atoms with Crippen LogP contribution in [-0.4, -0.2) is 23.5 Å². The van der Waals surface area contributed by atoms with Crippen LogP contribution in [0.15, 0.2) is 34.9 Å². The summed E-state index contributed by atoms with van der Waals surface area (Å²) in [6.07, 6.45) is 5.83. The van der Waals surface area contributed by atoms with E-state index in [0.717, 1.165) is 30.5 Å². The normalized spacial score (nSPS) is 19.4. The summed E-state index contributed by atoms with van der Waals surface area (Å²) in [4.78, 5) is 16.3. The van der Waals surface area contributed by atoms with Gasteiger partial charge in [0.05, 0.1) is 5.69 Å². The number of carbonyl (C=O) groups excluding carboxylic acids is 1. The first kappa shape index (κ1) is 19.4. The van der Waals surface area contributed by atoms with Crippen molar-refractivity contribution >= 4 is 18.3 Å². The van der Waals surface area contributed by atoms with Gasteiger partial charge >= 0.3 is 0 Å². The Morgan fingerprint density at radius 2 is 2.08 bits per heavy atom. The fourth-order valence-electron chi connectivity index (χ4n) is 3.11. The minimum absolute atomic E-state index is 0. The molecule has 2 atom stereocenters. The first-order valence-corrected chi connectivity index (χ1v) is 8.34. The van der Waals surface area contributed by atoms with Gasteiger partial charge < -0.3 is 15.5 Å². The number of hydrogen-bond donors (Lipinski definition) is 2. The largest absolute Gasteiger partial charge is 0.444 e. The molecule has 0 bridgehead atoms. The molecule has 0 spiro atoms. The highest BCUT2D eigenvalue weighted by Gasteiger charge is 2.25. The molecule has 0 saturated heterocycles. The minimum Gasteiger partial charge on any atom is -0.444 e. The van der Waals surface area contributed by atoms with Crippen LogP contribution in [0.5, 0.6) is 0 Å². The van der Waals surface area contributed by atoms with E-state index in [1.165, 1.54) is 12.1 Å². The van der Waals surface area contributed by atoms with Gasteiger partial charge in [0.1, 0.15) is 12.1 Å². The number of benzene rings is 1. The van der Waals surface area contributed by atoms with Crippen molar-refractivity contribution < 1.29 is 13.6 Å². The topological polar surface area (TPSA) is 81.2 Å². The standard InChI is InChI=1S/C18H22FN3O2.ClH/c19-14-6-4-12(5-7-14)18-22-15(11-24-18)8-9-21-17(23)10-13-2-1-3-16(13)20;/h4-7,11,13,16H,1-3,8-10,20H2,(H,21,23);1H/t13-,16+;/m0./s1. The molecule has 25 heavy (non-hydrogen) atoms. The minimum atomic E-state index is -0.296. The Kier molecular flexibility index (Phi) is 6.96. The predicted octanol–water partition coefficient (Wildman–Crippen LogP) is 3.08. The van der Waals surface area contributed by atoms with E-state index in [-0.39, 0.29) is 30.2 Å². The second kappa shape index (κ2) is 8.97. The summed E-state index contributed by atoms with van der Waals surface area (Å²) in [6, 6.07) is 6.14. The van der Waals surface area contributed by atoms with Gasteiger partial charge in [0.15, 0.2) is 0 Å². The van der Waals surface area contributed by atoms with Gasteiger partial charge in [0.2, 0.25) is 11.8 Å². The molecule has 0 unspecified atom stereocenters. The first-order chi connectivity index (χ1) is 11.6. The van der Waals surface area contributed by atoms with Crippen molar-refractivity contribution in [3.8, 4) is 11.5 Å². The van der Waals surface area contributed by atoms with E-state index in [1.807, 2.05) is 0 Å². The number of nitrogens with one attached hydrogen (secondary N) is 1. The van der Waals surface area contributed by atoms with Crippen LogP contribution in [0.25, 0.3) is 11.5 Å². The maximum Gasteiger partial charge on any atom is 0.226 e. The number of hydrogen-bond acceptors (Lipinski definition) is 4. The van der Waals surface area contributed by atoms with Crippen LogP contribution >= 0.6 is 12.4 Å². The Labute approximate surface area is 152 Å². The highest BCUT2D eigenvalue weighted by atomic mass is 35.5. The third kappa shape index (κ3) is 5.28. The molecule has 1 aromatic carbocycles. The number of halogens is 2. The second-order valence-electron chi connectivity index (χ2n) is 6.31. The number of nitrogens with zero attached hydrogens (tertiary/aromatic N) is 1. The van der Waals surface area contributed by atoms with Crippen LogP contribution in [0.1, 0.15) is 31.4 Å². The monoisotopic (exact) mass is 367 g/mol. The molecular weight excluding hydrogens is 345 g/mol. The summed E-state index contributed by atoms with van der Waals surface area (Å²) in [5, 5.41) is 2.91. The van der Waals surface area contributed by atoms with Crippen molar-refractivity contribution in [3.05, 3.63) is 42.0 Å². The number of rotatable bonds is 6. The average molecular weight is 368 g/mol. The third-order valence-corrected chi connectivity index (χ3v) is 4.51. The van der Waals surface area contributed by atoms with Crippen molar-refractivity contribution in [2.45, 2.75) is 38.1 Å². The highest BCUT2D eigenvalue weighted by molar-refractivity contribution is 5.85. The zero-order valence-electron chi connectivity index (χ0n) is 13.9. The molecule has 0 radical (unpaired) electrons. The first-order valence-electron chi connectivity index (χ1n) is 8.34. The lowest BCUT2D eigenvalue weighted by atomic mass is 10.00. The zero-order valence-corrected chi connectivity index (χ0v) is 14.7. The fourth-order valence-corrected chi connectivity index (χ4v) is 3.11. The van der Waals surface area contributed by atoms with Gasteiger partial charge in [0, 0.05) is 31.0 Å². The zero-order chi connectivity index (χ0) is 16.9. The van der Waals surface area contributed by atoms with Crippen molar-refractivity contribution in [1.29, 1.82) is 0 Å². The summed E-state index contributed by atoms with van der Waals surface area (Å²) < 4.78 is 18.3. The lowest BCUT2D eigenvalue weighted by molar-refractivity contribution is -0.122. The highest BCUT2D eigenvalue weighted by Crippen LogP contribution is 2.26. The van der Waals surface area contributed by atoms with Gasteiger partial charge in [-0.1, -0.05) is 6.42 Å². The van der Waals surface area contributed by atoms with Crippen LogP contribution in [0.3, 0.4) is 0 Å². The number of carbonyl (C=O) groups is 1. The molecule has 7 heteroatoms. The number of nitrogens with two attached hydrogens (primary N) is 1. The third-order valence-electron chi connectivity index (χ3n) is 4.51. The van der Waals surface area contributed by atoms with Gasteiger partial charge in [-0.25, -0.2) is 9.37 Å². The predicted molar refractivity (Wildman–Crippen MR) is 95.8 cm³/mol. The number of amides is 1. The van der Waals surface area contributed by atoms with Gasteiger partial charge in [-0.3, -0.25) is 4.79 Å². The molecule has 1 aliphatic rings. The Morgan fingerprint density at radius 3 is 2.76 bits per heavy atom. The smallest absolute Gasteiger partial charge is 0.226 e. The molecule has 2 aromatic rings. The average Bonchev–Trinajstić information content (AvgIpc) is 3.18. The fraction of sp³-hybridized carbons (Fsp3) is 0.444. The van der Waals surface area contributed by atoms with Crippen LogP contribution in [0, 0.1) is 11.7 Å². The molecular formula is C18H23ClFN3O2. The van der Waals surface area contributed by atoms with Crippen LogP contribution in [-0.2, 0) is 11.2 Å². The molecule has 1 fully saturated rings. The quantitative estimate of drug-likeness (QED) is 0.822. The summed E-state index contributed by atoms with van der Waals surface area (Å²) in [7, 11) is 0. The summed E-state index contributed by atoms with van der Waals surface area (Å²) in [5.41, 5.74) is 7.47. The molecule has 3 N–H and O–H groups in total. The summed E-state index contributed by atoms with van der Waals surface area (Å²) >= 11 is 0. The van der Waals surface area contributed by atoms with Gasteiger partial charge in [-0.15, -0.1) is 12.4 Å². The molecule has 1 amide bonds. The molecule has 5 nitrogen and oxygen atoms in total. The van der Waals surface area contributed by atoms with E-state index in [0.29, 0.717) is 31.2 Å². The molecule has 1 aliphatic carbocycles. The van der Waals surface area contributed by atoms with Crippen LogP contribution in [0.4, 0.5) is 4.39 Å².